The number of esters is 1. The summed E-state index contributed by atoms with van der Waals surface area (Å²) in [6, 6.07) is 35.0. The van der Waals surface area contributed by atoms with Crippen LogP contribution in [-0.2, 0) is 14.9 Å². The van der Waals surface area contributed by atoms with Gasteiger partial charge in [-0.2, -0.15) is 0 Å². The number of rotatable bonds is 19. The first kappa shape index (κ1) is 40.1. The van der Waals surface area contributed by atoms with Crippen LogP contribution in [-0.4, -0.2) is 19.2 Å². The van der Waals surface area contributed by atoms with E-state index >= 15 is 0 Å². The number of hydrogen-bond donors (Lipinski definition) is 0. The Morgan fingerprint density at radius 2 is 1.07 bits per heavy atom. The van der Waals surface area contributed by atoms with Gasteiger partial charge in [-0.3, -0.25) is 0 Å². The largest absolute Gasteiger partial charge is 0.494 e. The number of fused-ring (bicyclic) bond motifs is 3. The molecule has 4 aromatic carbocycles. The van der Waals surface area contributed by atoms with Crippen LogP contribution in [0.3, 0.4) is 0 Å². The lowest BCUT2D eigenvalue weighted by molar-refractivity contribution is -0.139. The molecule has 296 valence electrons. The topological polar surface area (TPSA) is 35.5 Å². The Hall–Kier alpha value is -4.11. The molecule has 0 aliphatic heterocycles. The maximum atomic E-state index is 11.4. The zero-order chi connectivity index (χ0) is 39.0. The normalized spacial score (nSPS) is 22.1. The standard InChI is InChI=1S/C53H66O3/c1-5-31-51-33-17-35-52(32-6-2,36-18-34-51)53(51)48-20-14-13-19-46(48)47-30-27-44(39-49(47)53)43-23-21-41(22-24-43)42-25-28-45(29-26-42)55-37-15-11-9-7-8-10-12-16-38-56-50(54)40(3)4/h13-14,19-30,39H,3,5-12,15-18,31-38H2,1-2,4H3. The van der Waals surface area contributed by atoms with Gasteiger partial charge in [-0.25, -0.2) is 4.79 Å². The van der Waals surface area contributed by atoms with E-state index in [0.29, 0.717) is 23.0 Å². The van der Waals surface area contributed by atoms with Gasteiger partial charge >= 0.3 is 5.97 Å². The quantitative estimate of drug-likeness (QED) is 0.0544. The summed E-state index contributed by atoms with van der Waals surface area (Å²) in [4.78, 5) is 11.4. The Kier molecular flexibility index (Phi) is 12.9. The minimum atomic E-state index is -0.278. The van der Waals surface area contributed by atoms with Crippen molar-refractivity contribution in [3.8, 4) is 39.1 Å². The second-order valence-corrected chi connectivity index (χ2v) is 17.5. The van der Waals surface area contributed by atoms with Gasteiger partial charge in [-0.1, -0.05) is 157 Å². The first-order chi connectivity index (χ1) is 27.4. The van der Waals surface area contributed by atoms with E-state index in [0.717, 1.165) is 31.6 Å². The van der Waals surface area contributed by atoms with Crippen molar-refractivity contribution in [2.24, 2.45) is 10.8 Å². The average molecular weight is 751 g/mol. The Bertz CT molecular complexity index is 1890. The molecular weight excluding hydrogens is 685 g/mol. The molecule has 2 saturated carbocycles. The lowest BCUT2D eigenvalue weighted by atomic mass is 9.36. The third kappa shape index (κ3) is 7.65. The highest BCUT2D eigenvalue weighted by atomic mass is 16.5. The molecule has 0 aromatic heterocycles. The maximum Gasteiger partial charge on any atom is 0.333 e. The van der Waals surface area contributed by atoms with Gasteiger partial charge in [0.1, 0.15) is 5.75 Å². The molecule has 0 N–H and O–H groups in total. The first-order valence-electron chi connectivity index (χ1n) is 22.3. The van der Waals surface area contributed by atoms with Crippen LogP contribution in [0.15, 0.2) is 103 Å². The molecule has 3 nitrogen and oxygen atoms in total. The van der Waals surface area contributed by atoms with Crippen LogP contribution < -0.4 is 4.74 Å². The Balaban J connectivity index is 0.977. The van der Waals surface area contributed by atoms with Gasteiger partial charge in [0.15, 0.2) is 0 Å². The number of ether oxygens (including phenoxy) is 2. The van der Waals surface area contributed by atoms with Crippen LogP contribution in [0.1, 0.15) is 147 Å². The SMILES string of the molecule is C=C(C)C(=O)OCCCCCCCCCCOc1ccc(-c2ccc(-c3ccc4c(c3)C3(c5ccccc5-4)C4(CCC)CCCC3(CCC)CCC4)cc2)cc1. The van der Waals surface area contributed by atoms with Gasteiger partial charge in [-0.15, -0.1) is 0 Å². The van der Waals surface area contributed by atoms with E-state index in [1.54, 1.807) is 18.1 Å². The van der Waals surface area contributed by atoms with Gasteiger partial charge in [-0.05, 0) is 132 Å². The lowest BCUT2D eigenvalue weighted by Crippen LogP contribution is -2.62. The van der Waals surface area contributed by atoms with E-state index in [1.165, 1.54) is 130 Å². The van der Waals surface area contributed by atoms with E-state index in [9.17, 15) is 4.79 Å². The van der Waals surface area contributed by atoms with Crippen LogP contribution in [0.4, 0.5) is 0 Å². The summed E-state index contributed by atoms with van der Waals surface area (Å²) in [6.45, 7) is 11.4. The van der Waals surface area contributed by atoms with Crippen molar-refractivity contribution < 1.29 is 14.3 Å². The van der Waals surface area contributed by atoms with E-state index in [2.05, 4.69) is 111 Å². The molecule has 0 radical (unpaired) electrons. The third-order valence-electron chi connectivity index (χ3n) is 14.0. The van der Waals surface area contributed by atoms with Crippen molar-refractivity contribution in [3.63, 3.8) is 0 Å². The van der Waals surface area contributed by atoms with Gasteiger partial charge < -0.3 is 9.47 Å². The number of unbranched alkanes of at least 4 members (excludes halogenated alkanes) is 7. The smallest absolute Gasteiger partial charge is 0.333 e. The Morgan fingerprint density at radius 1 is 0.589 bits per heavy atom. The fourth-order valence-electron chi connectivity index (χ4n) is 11.9. The second-order valence-electron chi connectivity index (χ2n) is 17.5. The van der Waals surface area contributed by atoms with E-state index in [4.69, 9.17) is 9.47 Å². The number of hydrogen-bond acceptors (Lipinski definition) is 3. The fourth-order valence-corrected chi connectivity index (χ4v) is 11.9. The summed E-state index contributed by atoms with van der Waals surface area (Å²) in [5, 5.41) is 0. The van der Waals surface area contributed by atoms with E-state index in [-0.39, 0.29) is 11.4 Å². The third-order valence-corrected chi connectivity index (χ3v) is 14.0. The highest BCUT2D eigenvalue weighted by molar-refractivity contribution is 5.87. The van der Waals surface area contributed by atoms with Crippen molar-refractivity contribution >= 4 is 5.97 Å². The minimum absolute atomic E-state index is 0.0974. The lowest BCUT2D eigenvalue weighted by Gasteiger charge is -2.67. The van der Waals surface area contributed by atoms with E-state index in [1.807, 2.05) is 0 Å². The molecule has 56 heavy (non-hydrogen) atoms. The molecule has 0 unspecified atom stereocenters. The predicted octanol–water partition coefficient (Wildman–Crippen LogP) is 14.8. The summed E-state index contributed by atoms with van der Waals surface area (Å²) in [5.41, 5.74) is 12.6. The van der Waals surface area contributed by atoms with Gasteiger partial charge in [0.05, 0.1) is 13.2 Å². The van der Waals surface area contributed by atoms with Crippen molar-refractivity contribution in [2.45, 2.75) is 142 Å². The number of carbonyl (C=O) groups is 1. The van der Waals surface area contributed by atoms with Crippen LogP contribution >= 0.6 is 0 Å². The Morgan fingerprint density at radius 3 is 1.64 bits per heavy atom. The van der Waals surface area contributed by atoms with Gasteiger partial charge in [0, 0.05) is 11.0 Å². The molecule has 0 heterocycles. The summed E-state index contributed by atoms with van der Waals surface area (Å²) in [6.07, 6.45) is 22.6. The minimum Gasteiger partial charge on any atom is -0.494 e. The maximum absolute atomic E-state index is 11.4. The molecule has 7 rings (SSSR count). The molecule has 3 aliphatic carbocycles. The zero-order valence-electron chi connectivity index (χ0n) is 34.7. The van der Waals surface area contributed by atoms with Crippen LogP contribution in [0, 0.1) is 10.8 Å². The number of carbonyl (C=O) groups excluding carboxylic acids is 1. The van der Waals surface area contributed by atoms with Crippen molar-refractivity contribution in [3.05, 3.63) is 114 Å². The van der Waals surface area contributed by atoms with Crippen LogP contribution in [0.25, 0.3) is 33.4 Å². The predicted molar refractivity (Wildman–Crippen MR) is 234 cm³/mol. The van der Waals surface area contributed by atoms with Crippen LogP contribution in [0.5, 0.6) is 5.75 Å². The molecule has 0 amide bonds. The summed E-state index contributed by atoms with van der Waals surface area (Å²) < 4.78 is 11.3. The highest BCUT2D eigenvalue weighted by Gasteiger charge is 2.69. The monoisotopic (exact) mass is 751 g/mol. The average Bonchev–Trinajstić information content (AvgIpc) is 3.50. The molecule has 0 atom stereocenters. The summed E-state index contributed by atoms with van der Waals surface area (Å²) >= 11 is 0. The molecular formula is C53H66O3. The van der Waals surface area contributed by atoms with Crippen molar-refractivity contribution in [1.29, 1.82) is 0 Å². The molecule has 2 bridgehead atoms. The highest BCUT2D eigenvalue weighted by Crippen LogP contribution is 2.76. The zero-order valence-corrected chi connectivity index (χ0v) is 34.7. The molecule has 2 fully saturated rings. The fraction of sp³-hybridized carbons (Fsp3) is 0.491. The molecule has 3 heteroatoms. The van der Waals surface area contributed by atoms with Crippen LogP contribution in [0.2, 0.25) is 0 Å². The Labute approximate surface area is 338 Å². The number of benzene rings is 4. The van der Waals surface area contributed by atoms with Crippen molar-refractivity contribution in [2.75, 3.05) is 13.2 Å². The van der Waals surface area contributed by atoms with Gasteiger partial charge in [0.25, 0.3) is 0 Å². The summed E-state index contributed by atoms with van der Waals surface area (Å²) in [7, 11) is 0. The molecule has 3 aliphatic rings. The molecule has 1 spiro atoms. The van der Waals surface area contributed by atoms with Crippen molar-refractivity contribution in [1.82, 2.24) is 0 Å². The molecule has 0 saturated heterocycles. The van der Waals surface area contributed by atoms with E-state index < -0.39 is 0 Å². The molecule has 4 aromatic rings. The first-order valence-corrected chi connectivity index (χ1v) is 22.3. The second kappa shape index (κ2) is 18.0. The summed E-state index contributed by atoms with van der Waals surface area (Å²) in [5.74, 6) is 0.667. The van der Waals surface area contributed by atoms with Gasteiger partial charge in [0.2, 0.25) is 0 Å².